The van der Waals surface area contributed by atoms with Gasteiger partial charge < -0.3 is 5.11 Å². The van der Waals surface area contributed by atoms with Crippen LogP contribution in [0.5, 0.6) is 0 Å². The molecule has 1 nitrogen and oxygen atoms in total. The van der Waals surface area contributed by atoms with E-state index in [1.165, 1.54) is 23.9 Å². The third kappa shape index (κ3) is 2.45. The van der Waals surface area contributed by atoms with E-state index >= 15 is 0 Å². The lowest BCUT2D eigenvalue weighted by Crippen LogP contribution is -2.07. The molecule has 0 aliphatic carbocycles. The number of aliphatic hydroxyl groups is 1. The molecule has 1 N–H and O–H groups in total. The Kier molecular flexibility index (Phi) is 3.89. The van der Waals surface area contributed by atoms with Gasteiger partial charge in [0.2, 0.25) is 0 Å². The van der Waals surface area contributed by atoms with Gasteiger partial charge in [-0.05, 0) is 30.9 Å². The summed E-state index contributed by atoms with van der Waals surface area (Å²) in [5.74, 6) is -1.07. The van der Waals surface area contributed by atoms with E-state index in [1.54, 1.807) is 13.2 Å². The molecular formula is C10H12F2OS. The van der Waals surface area contributed by atoms with Gasteiger partial charge >= 0.3 is 0 Å². The maximum Gasteiger partial charge on any atom is 0.132 e. The van der Waals surface area contributed by atoms with Gasteiger partial charge in [0, 0.05) is 5.75 Å². The summed E-state index contributed by atoms with van der Waals surface area (Å²) in [4.78, 5) is 0. The predicted octanol–water partition coefficient (Wildman–Crippen LogP) is 2.67. The summed E-state index contributed by atoms with van der Waals surface area (Å²) in [5, 5.41) is 9.47. The molecule has 78 valence electrons. The minimum atomic E-state index is -1.08. The van der Waals surface area contributed by atoms with Gasteiger partial charge in [0.1, 0.15) is 11.6 Å². The molecule has 0 fully saturated rings. The summed E-state index contributed by atoms with van der Waals surface area (Å²) >= 11 is 1.34. The minimum Gasteiger partial charge on any atom is -0.387 e. The third-order valence-corrected chi connectivity index (χ3v) is 2.53. The summed E-state index contributed by atoms with van der Waals surface area (Å²) < 4.78 is 26.6. The van der Waals surface area contributed by atoms with Crippen molar-refractivity contribution < 1.29 is 13.9 Å². The van der Waals surface area contributed by atoms with E-state index in [0.29, 0.717) is 5.56 Å². The van der Waals surface area contributed by atoms with Crippen LogP contribution in [0.1, 0.15) is 17.2 Å². The first-order chi connectivity index (χ1) is 6.56. The van der Waals surface area contributed by atoms with Gasteiger partial charge in [0.25, 0.3) is 0 Å². The molecule has 0 aromatic heterocycles. The molecule has 1 aromatic carbocycles. The second kappa shape index (κ2) is 4.75. The van der Waals surface area contributed by atoms with Crippen molar-refractivity contribution in [1.29, 1.82) is 0 Å². The first kappa shape index (κ1) is 11.5. The van der Waals surface area contributed by atoms with Crippen molar-refractivity contribution in [3.8, 4) is 0 Å². The summed E-state index contributed by atoms with van der Waals surface area (Å²) in [6, 6.07) is 2.45. The number of hydrogen-bond acceptors (Lipinski definition) is 2. The van der Waals surface area contributed by atoms with Gasteiger partial charge in [-0.1, -0.05) is 0 Å². The number of aliphatic hydroxyl groups excluding tert-OH is 1. The maximum absolute atomic E-state index is 13.3. The van der Waals surface area contributed by atoms with Crippen LogP contribution < -0.4 is 0 Å². The number of halogens is 2. The highest BCUT2D eigenvalue weighted by molar-refractivity contribution is 7.98. The zero-order valence-electron chi connectivity index (χ0n) is 8.05. The molecular weight excluding hydrogens is 206 g/mol. The van der Waals surface area contributed by atoms with E-state index < -0.39 is 17.7 Å². The fraction of sp³-hybridized carbons (Fsp3) is 0.400. The van der Waals surface area contributed by atoms with Crippen molar-refractivity contribution in [3.63, 3.8) is 0 Å². The van der Waals surface area contributed by atoms with E-state index in [-0.39, 0.29) is 11.3 Å². The Balaban J connectivity index is 3.07. The van der Waals surface area contributed by atoms with Gasteiger partial charge in [-0.25, -0.2) is 8.78 Å². The fourth-order valence-electron chi connectivity index (χ4n) is 1.27. The quantitative estimate of drug-likeness (QED) is 0.841. The number of rotatable bonds is 3. The SMILES string of the molecule is CSCC(O)c1c(F)cc(C)cc1F. The average Bonchev–Trinajstić information content (AvgIpc) is 2.01. The third-order valence-electron chi connectivity index (χ3n) is 1.88. The summed E-state index contributed by atoms with van der Waals surface area (Å²) in [6.07, 6.45) is 0.693. The molecule has 0 saturated carbocycles. The number of benzene rings is 1. The molecule has 14 heavy (non-hydrogen) atoms. The Morgan fingerprint density at radius 1 is 1.36 bits per heavy atom. The van der Waals surface area contributed by atoms with Gasteiger partial charge in [-0.3, -0.25) is 0 Å². The summed E-state index contributed by atoms with van der Waals surface area (Å²) in [7, 11) is 0. The van der Waals surface area contributed by atoms with E-state index in [2.05, 4.69) is 0 Å². The lowest BCUT2D eigenvalue weighted by molar-refractivity contribution is 0.193. The molecule has 0 amide bonds. The second-order valence-corrected chi connectivity index (χ2v) is 4.02. The normalized spacial score (nSPS) is 12.9. The van der Waals surface area contributed by atoms with Crippen LogP contribution in [-0.4, -0.2) is 17.1 Å². The zero-order valence-corrected chi connectivity index (χ0v) is 8.87. The molecule has 0 aliphatic heterocycles. The number of thioether (sulfide) groups is 1. The van der Waals surface area contributed by atoms with Crippen LogP contribution in [0, 0.1) is 18.6 Å². The molecule has 0 radical (unpaired) electrons. The van der Waals surface area contributed by atoms with Gasteiger partial charge in [0.15, 0.2) is 0 Å². The smallest absolute Gasteiger partial charge is 0.132 e. The van der Waals surface area contributed by atoms with Gasteiger partial charge in [-0.2, -0.15) is 11.8 Å². The van der Waals surface area contributed by atoms with E-state index in [0.717, 1.165) is 0 Å². The van der Waals surface area contributed by atoms with Crippen LogP contribution >= 0.6 is 11.8 Å². The lowest BCUT2D eigenvalue weighted by atomic mass is 10.1. The number of aryl methyl sites for hydroxylation is 1. The molecule has 0 spiro atoms. The van der Waals surface area contributed by atoms with Crippen LogP contribution in [0.2, 0.25) is 0 Å². The van der Waals surface area contributed by atoms with Crippen molar-refractivity contribution in [3.05, 3.63) is 34.9 Å². The molecule has 0 heterocycles. The molecule has 0 saturated heterocycles. The standard InChI is InChI=1S/C10H12F2OS/c1-6-3-7(11)10(8(12)4-6)9(13)5-14-2/h3-4,9,13H,5H2,1-2H3. The van der Waals surface area contributed by atoms with Gasteiger partial charge in [-0.15, -0.1) is 0 Å². The Morgan fingerprint density at radius 3 is 2.29 bits per heavy atom. The Labute approximate surface area is 86.1 Å². The topological polar surface area (TPSA) is 20.2 Å². The van der Waals surface area contributed by atoms with Crippen molar-refractivity contribution in [1.82, 2.24) is 0 Å². The first-order valence-corrected chi connectivity index (χ1v) is 5.58. The lowest BCUT2D eigenvalue weighted by Gasteiger charge is -2.12. The zero-order chi connectivity index (χ0) is 10.7. The Hall–Kier alpha value is -0.610. The highest BCUT2D eigenvalue weighted by Gasteiger charge is 2.17. The largest absolute Gasteiger partial charge is 0.387 e. The highest BCUT2D eigenvalue weighted by Crippen LogP contribution is 2.24. The molecule has 1 aromatic rings. The van der Waals surface area contributed by atoms with Gasteiger partial charge in [0.05, 0.1) is 11.7 Å². The summed E-state index contributed by atoms with van der Waals surface area (Å²) in [5.41, 5.74) is 0.282. The van der Waals surface area contributed by atoms with E-state index in [1.807, 2.05) is 0 Å². The molecule has 4 heteroatoms. The van der Waals surface area contributed by atoms with Crippen LogP contribution in [0.25, 0.3) is 0 Å². The monoisotopic (exact) mass is 218 g/mol. The predicted molar refractivity (Wildman–Crippen MR) is 54.4 cm³/mol. The first-order valence-electron chi connectivity index (χ1n) is 4.18. The summed E-state index contributed by atoms with van der Waals surface area (Å²) in [6.45, 7) is 1.61. The van der Waals surface area contributed by atoms with Crippen molar-refractivity contribution >= 4 is 11.8 Å². The molecule has 0 bridgehead atoms. The van der Waals surface area contributed by atoms with Crippen LogP contribution in [0.3, 0.4) is 0 Å². The van der Waals surface area contributed by atoms with E-state index in [4.69, 9.17) is 0 Å². The molecule has 1 unspecified atom stereocenters. The molecule has 1 atom stereocenters. The van der Waals surface area contributed by atoms with E-state index in [9.17, 15) is 13.9 Å². The highest BCUT2D eigenvalue weighted by atomic mass is 32.2. The minimum absolute atomic E-state index is 0.232. The van der Waals surface area contributed by atoms with Crippen molar-refractivity contribution in [2.24, 2.45) is 0 Å². The van der Waals surface area contributed by atoms with Crippen LogP contribution in [0.4, 0.5) is 8.78 Å². The number of hydrogen-bond donors (Lipinski definition) is 1. The van der Waals surface area contributed by atoms with Crippen LogP contribution in [0.15, 0.2) is 12.1 Å². The second-order valence-electron chi connectivity index (χ2n) is 3.11. The van der Waals surface area contributed by atoms with Crippen LogP contribution in [-0.2, 0) is 0 Å². The molecule has 0 aliphatic rings. The van der Waals surface area contributed by atoms with Crippen molar-refractivity contribution in [2.45, 2.75) is 13.0 Å². The van der Waals surface area contributed by atoms with Crippen molar-refractivity contribution in [2.75, 3.05) is 12.0 Å². The molecule has 1 rings (SSSR count). The Morgan fingerprint density at radius 2 is 1.86 bits per heavy atom. The average molecular weight is 218 g/mol. The Bertz CT molecular complexity index is 305. The maximum atomic E-state index is 13.3. The fourth-order valence-corrected chi connectivity index (χ4v) is 1.75.